The van der Waals surface area contributed by atoms with Crippen LogP contribution in [0, 0.1) is 55.7 Å². The van der Waals surface area contributed by atoms with Gasteiger partial charge in [-0.2, -0.15) is 0 Å². The molecule has 0 aromatic heterocycles. The molecule has 9 rings (SSSR count). The number of nitrogens with zero attached hydrogens (tertiary/aromatic N) is 2. The van der Waals surface area contributed by atoms with Crippen LogP contribution in [0.25, 0.3) is 0 Å². The Hall–Kier alpha value is -0.480. The summed E-state index contributed by atoms with van der Waals surface area (Å²) in [6, 6.07) is 1.28. The van der Waals surface area contributed by atoms with E-state index < -0.39 is 0 Å². The molecular weight excluding hydrogens is 1120 g/mol. The molecule has 9 fully saturated rings. The molecule has 0 aromatic rings. The van der Waals surface area contributed by atoms with E-state index in [1.54, 1.807) is 0 Å². The van der Waals surface area contributed by atoms with Crippen molar-refractivity contribution in [2.24, 2.45) is 55.7 Å². The average Bonchev–Trinajstić information content (AvgIpc) is 3.71. The number of rotatable bonds is 0. The van der Waals surface area contributed by atoms with Gasteiger partial charge in [0.15, 0.2) is 0 Å². The van der Waals surface area contributed by atoms with Crippen molar-refractivity contribution < 1.29 is 28.4 Å². The molecule has 9 aliphatic rings. The van der Waals surface area contributed by atoms with Crippen LogP contribution in [-0.4, -0.2) is 177 Å². The molecule has 90 heavy (non-hydrogen) atoms. The van der Waals surface area contributed by atoms with Gasteiger partial charge in [-0.15, -0.1) is 0 Å². The van der Waals surface area contributed by atoms with E-state index in [1.165, 1.54) is 129 Å². The third kappa shape index (κ3) is 41.6. The molecule has 9 heterocycles. The summed E-state index contributed by atoms with van der Waals surface area (Å²) in [6.45, 7) is 82.3. The van der Waals surface area contributed by atoms with Crippen LogP contribution < -0.4 is 21.3 Å². The average molecular weight is 1280 g/mol. The first-order valence-corrected chi connectivity index (χ1v) is 37.4. The van der Waals surface area contributed by atoms with Gasteiger partial charge in [0.1, 0.15) is 0 Å². The van der Waals surface area contributed by atoms with E-state index in [-0.39, 0.29) is 5.41 Å². The van der Waals surface area contributed by atoms with Gasteiger partial charge in [-0.25, -0.2) is 0 Å². The molecule has 0 radical (unpaired) electrons. The molecule has 6 unspecified atom stereocenters. The van der Waals surface area contributed by atoms with Crippen LogP contribution in [0.1, 0.15) is 283 Å². The van der Waals surface area contributed by atoms with E-state index in [1.807, 2.05) is 0 Å². The highest BCUT2D eigenvalue weighted by atomic mass is 16.5. The maximum atomic E-state index is 5.64. The lowest BCUT2D eigenvalue weighted by molar-refractivity contribution is -0.0474. The number of piperidine rings is 3. The second kappa shape index (κ2) is 43.0. The van der Waals surface area contributed by atoms with Crippen molar-refractivity contribution in [3.63, 3.8) is 0 Å². The summed E-state index contributed by atoms with van der Waals surface area (Å²) in [7, 11) is 0. The number of morpholine rings is 3. The van der Waals surface area contributed by atoms with Gasteiger partial charge in [0.25, 0.3) is 0 Å². The summed E-state index contributed by atoms with van der Waals surface area (Å²) in [5.41, 5.74) is 3.59. The molecule has 0 aromatic carbocycles. The van der Waals surface area contributed by atoms with Crippen LogP contribution in [-0.2, 0) is 28.4 Å². The highest BCUT2D eigenvalue weighted by molar-refractivity contribution is 4.86. The minimum Gasteiger partial charge on any atom is -0.381 e. The largest absolute Gasteiger partial charge is 0.381 e. The van der Waals surface area contributed by atoms with Gasteiger partial charge in [-0.3, -0.25) is 9.80 Å². The molecule has 4 N–H and O–H groups in total. The van der Waals surface area contributed by atoms with Gasteiger partial charge in [-0.05, 0) is 213 Å². The normalized spacial score (nSPS) is 26.7. The number of hydrogen-bond acceptors (Lipinski definition) is 12. The molecule has 9 aliphatic heterocycles. The second-order valence-electron chi connectivity index (χ2n) is 37.4. The molecule has 12 heteroatoms. The molecule has 0 amide bonds. The molecule has 0 spiro atoms. The van der Waals surface area contributed by atoms with E-state index in [0.29, 0.717) is 61.8 Å². The molecule has 12 nitrogen and oxygen atoms in total. The fraction of sp³-hybridized carbons (Fsp3) is 1.00. The van der Waals surface area contributed by atoms with E-state index >= 15 is 0 Å². The summed E-state index contributed by atoms with van der Waals surface area (Å²) in [6.07, 6.45) is 21.0. The molecule has 0 bridgehead atoms. The summed E-state index contributed by atoms with van der Waals surface area (Å²) in [5, 5.41) is 13.8. The third-order valence-electron chi connectivity index (χ3n) is 20.0. The zero-order chi connectivity index (χ0) is 68.5. The van der Waals surface area contributed by atoms with Gasteiger partial charge in [0.05, 0.1) is 45.2 Å². The van der Waals surface area contributed by atoms with Crippen LogP contribution >= 0.6 is 0 Å². The van der Waals surface area contributed by atoms with Crippen molar-refractivity contribution in [1.29, 1.82) is 0 Å². The highest BCUT2D eigenvalue weighted by Crippen LogP contribution is 2.35. The minimum atomic E-state index is 0.285. The maximum Gasteiger partial charge on any atom is 0.0748 e. The lowest BCUT2D eigenvalue weighted by Gasteiger charge is -2.38. The van der Waals surface area contributed by atoms with Crippen molar-refractivity contribution >= 4 is 0 Å². The van der Waals surface area contributed by atoms with E-state index in [9.17, 15) is 0 Å². The lowest BCUT2D eigenvalue weighted by Crippen LogP contribution is -2.48. The summed E-state index contributed by atoms with van der Waals surface area (Å²) < 4.78 is 32.5. The molecule has 0 aliphatic carbocycles. The van der Waals surface area contributed by atoms with Gasteiger partial charge in [0, 0.05) is 88.9 Å². The van der Waals surface area contributed by atoms with Crippen LogP contribution in [0.3, 0.4) is 0 Å². The number of likely N-dealkylation sites (tertiary alicyclic amines) is 1. The standard InChI is InChI=1S/3C9H19N.3C9H18O.3C8H17NO/c1-9(2,3)8-5-4-6-10-7-8;1-9(2,3)10-7-5-4-6-8-10;1-9(2,3)8-6-4-5-7-10-8;1-9(2,3)8-4-6-10-7-5-8;1-9(2,3)8-5-4-6-10-7-8;1-9(2,3)8-6-4-5-7-10-8;1-8(2,3)9-4-6-10-7-5-9;1-8(2,3)7-6-10-5-4-9-7;1-8(2,3)7-6-9-4-5-10-7/h8,10H,4-7H2,1-3H3;4-8H2,1-3H3;8,10H,4-7H2,1-3H3;3*8H,4-7H2,1-3H3;4-7H2,1-3H3;2*7,9H,4-6H2,1-3H3. The van der Waals surface area contributed by atoms with Gasteiger partial charge < -0.3 is 49.7 Å². The topological polar surface area (TPSA) is 110 Å². The Morgan fingerprint density at radius 1 is 0.278 bits per heavy atom. The maximum absolute atomic E-state index is 5.64. The SMILES string of the molecule is CC(C)(C)C1CCCCN1.CC(C)(C)C1CCCCO1.CC(C)(C)C1CCCNC1.CC(C)(C)C1CCCOC1.CC(C)(C)C1CCOCC1.CC(C)(C)C1CNCCO1.CC(C)(C)C1COCCN1.CC(C)(C)N1CCCCC1.CC(C)(C)N1CCOCC1. The monoisotopic (exact) mass is 1280 g/mol. The van der Waals surface area contributed by atoms with E-state index in [0.717, 1.165) is 123 Å². The summed E-state index contributed by atoms with van der Waals surface area (Å²) in [5.74, 6) is 2.55. The predicted octanol–water partition coefficient (Wildman–Crippen LogP) is 17.2. The summed E-state index contributed by atoms with van der Waals surface area (Å²) in [4.78, 5) is 5.03. The lowest BCUT2D eigenvalue weighted by atomic mass is 9.76. The van der Waals surface area contributed by atoms with Crippen LogP contribution in [0.5, 0.6) is 0 Å². The Bertz CT molecular complexity index is 1280. The number of ether oxygens (including phenoxy) is 6. The van der Waals surface area contributed by atoms with Crippen molar-refractivity contribution in [2.45, 2.75) is 319 Å². The van der Waals surface area contributed by atoms with Crippen molar-refractivity contribution in [2.75, 3.05) is 132 Å². The Balaban J connectivity index is 0.000000506. The highest BCUT2D eigenvalue weighted by Gasteiger charge is 2.32. The zero-order valence-electron chi connectivity index (χ0n) is 65.6. The van der Waals surface area contributed by atoms with Gasteiger partial charge >= 0.3 is 0 Å². The Kier molecular flexibility index (Phi) is 41.9. The third-order valence-corrected chi connectivity index (χ3v) is 20.0. The van der Waals surface area contributed by atoms with Crippen LogP contribution in [0.15, 0.2) is 0 Å². The van der Waals surface area contributed by atoms with E-state index in [4.69, 9.17) is 28.4 Å². The Morgan fingerprint density at radius 2 is 0.767 bits per heavy atom. The Morgan fingerprint density at radius 3 is 1.07 bits per heavy atom. The van der Waals surface area contributed by atoms with Crippen molar-refractivity contribution in [3.05, 3.63) is 0 Å². The molecule has 6 atom stereocenters. The molecule has 540 valence electrons. The smallest absolute Gasteiger partial charge is 0.0748 e. The quantitative estimate of drug-likeness (QED) is 0.185. The van der Waals surface area contributed by atoms with Crippen LogP contribution in [0.2, 0.25) is 0 Å². The van der Waals surface area contributed by atoms with Gasteiger partial charge in [0.2, 0.25) is 0 Å². The molecule has 9 saturated heterocycles. The predicted molar refractivity (Wildman–Crippen MR) is 391 cm³/mol. The van der Waals surface area contributed by atoms with Crippen molar-refractivity contribution in [3.8, 4) is 0 Å². The molecular formula is C78H162N6O6. The fourth-order valence-electron chi connectivity index (χ4n) is 12.6. The zero-order valence-corrected chi connectivity index (χ0v) is 65.6. The second-order valence-corrected chi connectivity index (χ2v) is 37.4. The fourth-order valence-corrected chi connectivity index (χ4v) is 12.6. The van der Waals surface area contributed by atoms with E-state index in [2.05, 4.69) is 218 Å². The minimum absolute atomic E-state index is 0.285. The first-order valence-electron chi connectivity index (χ1n) is 37.4. The first-order chi connectivity index (χ1) is 41.4. The van der Waals surface area contributed by atoms with Gasteiger partial charge in [-0.1, -0.05) is 158 Å². The number of nitrogens with one attached hydrogen (secondary N) is 4. The Labute approximate surface area is 562 Å². The van der Waals surface area contributed by atoms with Crippen molar-refractivity contribution in [1.82, 2.24) is 31.1 Å². The van der Waals surface area contributed by atoms with Crippen LogP contribution in [0.4, 0.5) is 0 Å². The number of hydrogen-bond donors (Lipinski definition) is 4. The summed E-state index contributed by atoms with van der Waals surface area (Å²) >= 11 is 0. The molecule has 0 saturated carbocycles. The first kappa shape index (κ1) is 87.5.